The summed E-state index contributed by atoms with van der Waals surface area (Å²) in [6.07, 6.45) is 7.63. The van der Waals surface area contributed by atoms with E-state index in [9.17, 15) is 0 Å². The number of aromatic nitrogens is 1. The van der Waals surface area contributed by atoms with Crippen LogP contribution in [0.2, 0.25) is 0 Å². The fourth-order valence-corrected chi connectivity index (χ4v) is 2.73. The molecule has 0 spiro atoms. The predicted molar refractivity (Wildman–Crippen MR) is 98.6 cm³/mol. The van der Waals surface area contributed by atoms with Crippen molar-refractivity contribution in [2.24, 2.45) is 0 Å². The Kier molecular flexibility index (Phi) is 6.79. The van der Waals surface area contributed by atoms with Gasteiger partial charge >= 0.3 is 0 Å². The third-order valence-electron chi connectivity index (χ3n) is 4.04. The number of hydrogen-bond acceptors (Lipinski definition) is 1. The molecule has 0 bridgehead atoms. The van der Waals surface area contributed by atoms with Gasteiger partial charge in [-0.3, -0.25) is 0 Å². The van der Waals surface area contributed by atoms with Crippen LogP contribution in [-0.2, 0) is 6.54 Å². The molecular weight excluding hydrogens is 407 g/mol. The predicted octanol–water partition coefficient (Wildman–Crippen LogP) is 1.30. The van der Waals surface area contributed by atoms with Crippen LogP contribution in [0.5, 0.6) is 0 Å². The van der Waals surface area contributed by atoms with Gasteiger partial charge in [0.25, 0.3) is 0 Å². The van der Waals surface area contributed by atoms with Gasteiger partial charge in [0.15, 0.2) is 12.7 Å². The van der Waals surface area contributed by atoms with Crippen LogP contribution in [0.1, 0.15) is 12.0 Å². The van der Waals surface area contributed by atoms with Crippen LogP contribution in [0.15, 0.2) is 72.9 Å². The summed E-state index contributed by atoms with van der Waals surface area (Å²) >= 11 is 0. The van der Waals surface area contributed by atoms with Gasteiger partial charge in [-0.15, -0.1) is 0 Å². The van der Waals surface area contributed by atoms with Crippen molar-refractivity contribution in [1.29, 1.82) is 0 Å². The van der Waals surface area contributed by atoms with E-state index in [0.29, 0.717) is 0 Å². The van der Waals surface area contributed by atoms with Crippen LogP contribution in [0, 0.1) is 0 Å². The Morgan fingerprint density at radius 1 is 0.917 bits per heavy atom. The molecule has 0 atom stereocenters. The summed E-state index contributed by atoms with van der Waals surface area (Å²) in [6.45, 7) is 0.994. The van der Waals surface area contributed by atoms with Gasteiger partial charge in [0.1, 0.15) is 0 Å². The fourth-order valence-electron chi connectivity index (χ4n) is 2.73. The number of allylic oxidation sites excluding steroid dienone is 1. The number of aryl methyl sites for hydroxylation is 1. The molecule has 0 aliphatic heterocycles. The van der Waals surface area contributed by atoms with Crippen molar-refractivity contribution in [1.82, 2.24) is 0 Å². The Balaban J connectivity index is 0.00000208. The SMILES string of the molecule is CN(C)c1ccc(C=CCC[n+]2cccc3ccccc32)cc1.[I-]. The summed E-state index contributed by atoms with van der Waals surface area (Å²) in [5.74, 6) is 0. The van der Waals surface area contributed by atoms with Gasteiger partial charge < -0.3 is 28.9 Å². The summed E-state index contributed by atoms with van der Waals surface area (Å²) in [4.78, 5) is 2.12. The van der Waals surface area contributed by atoms with Crippen LogP contribution in [0.4, 0.5) is 5.69 Å². The first kappa shape index (κ1) is 18.5. The van der Waals surface area contributed by atoms with Gasteiger partial charge in [0.05, 0.1) is 0 Å². The van der Waals surface area contributed by atoms with Gasteiger partial charge in [-0.1, -0.05) is 36.4 Å². The molecule has 0 aliphatic carbocycles. The van der Waals surface area contributed by atoms with Crippen LogP contribution >= 0.6 is 0 Å². The number of pyridine rings is 1. The van der Waals surface area contributed by atoms with E-state index in [2.05, 4.69) is 103 Å². The van der Waals surface area contributed by atoms with E-state index >= 15 is 0 Å². The molecule has 0 N–H and O–H groups in total. The number of fused-ring (bicyclic) bond motifs is 1. The highest BCUT2D eigenvalue weighted by molar-refractivity contribution is 5.74. The molecule has 2 aromatic carbocycles. The molecule has 124 valence electrons. The van der Waals surface area contributed by atoms with Gasteiger partial charge in [-0.05, 0) is 29.8 Å². The van der Waals surface area contributed by atoms with E-state index in [0.717, 1.165) is 13.0 Å². The molecular formula is C21H23IN2. The van der Waals surface area contributed by atoms with Crippen molar-refractivity contribution >= 4 is 22.7 Å². The van der Waals surface area contributed by atoms with Crippen LogP contribution < -0.4 is 33.4 Å². The van der Waals surface area contributed by atoms with Gasteiger partial charge in [-0.25, -0.2) is 0 Å². The van der Waals surface area contributed by atoms with E-state index in [1.807, 2.05) is 0 Å². The van der Waals surface area contributed by atoms with Gasteiger partial charge in [0, 0.05) is 43.7 Å². The van der Waals surface area contributed by atoms with Crippen molar-refractivity contribution in [3.8, 4) is 0 Å². The zero-order chi connectivity index (χ0) is 16.1. The lowest BCUT2D eigenvalue weighted by Crippen LogP contribution is -3.00. The second-order valence-corrected chi connectivity index (χ2v) is 5.94. The van der Waals surface area contributed by atoms with Gasteiger partial charge in [-0.2, -0.15) is 4.57 Å². The van der Waals surface area contributed by atoms with Crippen molar-refractivity contribution in [3.63, 3.8) is 0 Å². The minimum absolute atomic E-state index is 0. The Labute approximate surface area is 161 Å². The van der Waals surface area contributed by atoms with E-state index in [1.165, 1.54) is 22.2 Å². The average Bonchev–Trinajstić information content (AvgIpc) is 2.59. The average molecular weight is 430 g/mol. The Morgan fingerprint density at radius 2 is 1.62 bits per heavy atom. The summed E-state index contributed by atoms with van der Waals surface area (Å²) in [5, 5.41) is 1.29. The first-order chi connectivity index (χ1) is 11.2. The smallest absolute Gasteiger partial charge is 0.212 e. The molecule has 3 aromatic rings. The monoisotopic (exact) mass is 430 g/mol. The van der Waals surface area contributed by atoms with E-state index < -0.39 is 0 Å². The highest BCUT2D eigenvalue weighted by Crippen LogP contribution is 2.13. The highest BCUT2D eigenvalue weighted by atomic mass is 127. The summed E-state index contributed by atoms with van der Waals surface area (Å²) in [7, 11) is 4.12. The normalized spacial score (nSPS) is 10.8. The molecule has 0 amide bonds. The number of rotatable bonds is 5. The molecule has 24 heavy (non-hydrogen) atoms. The molecule has 0 aliphatic rings. The largest absolute Gasteiger partial charge is 1.00 e. The lowest BCUT2D eigenvalue weighted by atomic mass is 10.1. The topological polar surface area (TPSA) is 7.12 Å². The van der Waals surface area contributed by atoms with Crippen LogP contribution in [-0.4, -0.2) is 14.1 Å². The molecule has 0 saturated carbocycles. The number of halogens is 1. The maximum atomic E-state index is 2.31. The maximum Gasteiger partial charge on any atom is 0.212 e. The first-order valence-corrected chi connectivity index (χ1v) is 8.05. The zero-order valence-corrected chi connectivity index (χ0v) is 16.3. The van der Waals surface area contributed by atoms with Crippen molar-refractivity contribution in [2.75, 3.05) is 19.0 Å². The van der Waals surface area contributed by atoms with E-state index in [-0.39, 0.29) is 24.0 Å². The Hall–Kier alpha value is -1.88. The number of anilines is 1. The lowest BCUT2D eigenvalue weighted by molar-refractivity contribution is -0.670. The molecule has 1 heterocycles. The third-order valence-corrected chi connectivity index (χ3v) is 4.04. The molecule has 0 saturated heterocycles. The molecule has 0 fully saturated rings. The van der Waals surface area contributed by atoms with Gasteiger partial charge in [0.2, 0.25) is 5.52 Å². The standard InChI is InChI=1S/C21H23N2.HI/c1-22(2)20-14-12-18(13-15-20)8-5-6-16-23-17-7-10-19-9-3-4-11-21(19)23;/h3-5,7-15,17H,6,16H2,1-2H3;1H/q+1;/p-1. The van der Waals surface area contributed by atoms with E-state index in [4.69, 9.17) is 0 Å². The summed E-state index contributed by atoms with van der Waals surface area (Å²) < 4.78 is 2.31. The number of hydrogen-bond donors (Lipinski definition) is 0. The molecule has 2 nitrogen and oxygen atoms in total. The van der Waals surface area contributed by atoms with Crippen molar-refractivity contribution in [2.45, 2.75) is 13.0 Å². The highest BCUT2D eigenvalue weighted by Gasteiger charge is 2.05. The van der Waals surface area contributed by atoms with Crippen molar-refractivity contribution < 1.29 is 28.5 Å². The van der Waals surface area contributed by atoms with Crippen LogP contribution in [0.3, 0.4) is 0 Å². The minimum Gasteiger partial charge on any atom is -1.00 e. The molecule has 3 rings (SSSR count). The molecule has 0 radical (unpaired) electrons. The maximum absolute atomic E-state index is 2.31. The number of para-hydroxylation sites is 1. The summed E-state index contributed by atoms with van der Waals surface area (Å²) in [5.41, 5.74) is 3.77. The molecule has 0 unspecified atom stereocenters. The number of nitrogens with zero attached hydrogens (tertiary/aromatic N) is 2. The number of benzene rings is 2. The second-order valence-electron chi connectivity index (χ2n) is 5.94. The Bertz CT molecular complexity index is 802. The fraction of sp³-hybridized carbons (Fsp3) is 0.190. The van der Waals surface area contributed by atoms with Crippen LogP contribution in [0.25, 0.3) is 17.0 Å². The summed E-state index contributed by atoms with van der Waals surface area (Å²) in [6, 6.07) is 21.4. The lowest BCUT2D eigenvalue weighted by Gasteiger charge is -2.11. The van der Waals surface area contributed by atoms with Crippen molar-refractivity contribution in [3.05, 3.63) is 78.5 Å². The molecule has 1 aromatic heterocycles. The third kappa shape index (κ3) is 4.57. The molecule has 3 heteroatoms. The zero-order valence-electron chi connectivity index (χ0n) is 14.2. The van der Waals surface area contributed by atoms with E-state index in [1.54, 1.807) is 0 Å². The first-order valence-electron chi connectivity index (χ1n) is 8.05. The second kappa shape index (κ2) is 8.83. The minimum atomic E-state index is 0. The Morgan fingerprint density at radius 3 is 2.38 bits per heavy atom. The quantitative estimate of drug-likeness (QED) is 0.438.